The molecule has 9 heteroatoms. The molecule has 1 heterocycles. The Morgan fingerprint density at radius 2 is 2.23 bits per heavy atom. The van der Waals surface area contributed by atoms with Gasteiger partial charge in [-0.15, -0.1) is 0 Å². The van der Waals surface area contributed by atoms with Crippen LogP contribution in [0.1, 0.15) is 10.4 Å². The van der Waals surface area contributed by atoms with E-state index in [4.69, 9.17) is 0 Å². The molecule has 1 aliphatic heterocycles. The van der Waals surface area contributed by atoms with Crippen LogP contribution in [0.2, 0.25) is 0 Å². The Kier molecular flexibility index (Phi) is 4.52. The Hall–Kier alpha value is -1.55. The summed E-state index contributed by atoms with van der Waals surface area (Å²) in [5.74, 6) is -1.12. The summed E-state index contributed by atoms with van der Waals surface area (Å²) >= 11 is 0. The van der Waals surface area contributed by atoms with Crippen LogP contribution in [0.3, 0.4) is 0 Å². The summed E-state index contributed by atoms with van der Waals surface area (Å²) in [6.07, 6.45) is -0.382. The van der Waals surface area contributed by atoms with E-state index in [1.165, 1.54) is 18.2 Å². The molecular formula is C13H17FN2O5S. The predicted molar refractivity (Wildman–Crippen MR) is 76.1 cm³/mol. The molecule has 1 aliphatic rings. The summed E-state index contributed by atoms with van der Waals surface area (Å²) in [4.78, 5) is 13.4. The first-order valence-electron chi connectivity index (χ1n) is 6.51. The van der Waals surface area contributed by atoms with E-state index in [-0.39, 0.29) is 18.7 Å². The van der Waals surface area contributed by atoms with Gasteiger partial charge in [-0.1, -0.05) is 6.07 Å². The molecule has 0 spiro atoms. The third-order valence-electron chi connectivity index (χ3n) is 3.48. The average Bonchev–Trinajstić information content (AvgIpc) is 2.72. The van der Waals surface area contributed by atoms with Crippen molar-refractivity contribution in [2.75, 3.05) is 25.9 Å². The van der Waals surface area contributed by atoms with Crippen molar-refractivity contribution in [3.05, 3.63) is 35.6 Å². The summed E-state index contributed by atoms with van der Waals surface area (Å²) in [6, 6.07) is 5.05. The molecule has 0 radical (unpaired) electrons. The molecule has 2 atom stereocenters. The van der Waals surface area contributed by atoms with Crippen molar-refractivity contribution in [2.24, 2.45) is 0 Å². The molecule has 1 aromatic rings. The van der Waals surface area contributed by atoms with Gasteiger partial charge in [-0.3, -0.25) is 4.79 Å². The van der Waals surface area contributed by atoms with Crippen molar-refractivity contribution >= 4 is 15.9 Å². The molecule has 1 amide bonds. The number of likely N-dealkylation sites (tertiary alicyclic amines) is 1. The van der Waals surface area contributed by atoms with Gasteiger partial charge in [0.15, 0.2) is 0 Å². The Bertz CT molecular complexity index is 681. The first kappa shape index (κ1) is 16.8. The van der Waals surface area contributed by atoms with Crippen LogP contribution in [-0.2, 0) is 10.0 Å². The zero-order valence-corrected chi connectivity index (χ0v) is 12.7. The van der Waals surface area contributed by atoms with Gasteiger partial charge in [0.05, 0.1) is 12.8 Å². The molecule has 122 valence electrons. The Balaban J connectivity index is 2.11. The number of aliphatic hydroxyl groups excluding tert-OH is 1. The number of rotatable bonds is 4. The van der Waals surface area contributed by atoms with Crippen LogP contribution >= 0.6 is 0 Å². The maximum atomic E-state index is 13.1. The fraction of sp³-hybridized carbons (Fsp3) is 0.462. The lowest BCUT2D eigenvalue weighted by Crippen LogP contribution is -2.51. The van der Waals surface area contributed by atoms with Crippen molar-refractivity contribution in [3.8, 4) is 0 Å². The first-order chi connectivity index (χ1) is 10.1. The molecule has 1 aromatic carbocycles. The lowest BCUT2D eigenvalue weighted by Gasteiger charge is -2.25. The number of amides is 1. The minimum absolute atomic E-state index is 0.0903. The second-order valence-corrected chi connectivity index (χ2v) is 7.24. The summed E-state index contributed by atoms with van der Waals surface area (Å²) in [7, 11) is -3.54. The van der Waals surface area contributed by atoms with Gasteiger partial charge in [0.1, 0.15) is 17.5 Å². The van der Waals surface area contributed by atoms with E-state index in [0.29, 0.717) is 0 Å². The topological polar surface area (TPSA) is 107 Å². The highest BCUT2D eigenvalue weighted by molar-refractivity contribution is 7.88. The minimum atomic E-state index is -3.54. The summed E-state index contributed by atoms with van der Waals surface area (Å²) in [5, 5.41) is 20.2. The maximum Gasteiger partial charge on any atom is 0.254 e. The van der Waals surface area contributed by atoms with Crippen LogP contribution in [0.25, 0.3) is 0 Å². The summed E-state index contributed by atoms with van der Waals surface area (Å²) < 4.78 is 37.4. The standard InChI is InChI=1S/C13H17FN2O5S/c1-22(20,21)15-7-13(19)8-16(6-11(13)17)12(18)9-3-2-4-10(14)5-9/h2-5,11,15,17,19H,6-8H2,1H3/t11-,13+/m1/s1. The van der Waals surface area contributed by atoms with Crippen LogP contribution in [0.5, 0.6) is 0 Å². The quantitative estimate of drug-likeness (QED) is 0.650. The molecule has 22 heavy (non-hydrogen) atoms. The zero-order chi connectivity index (χ0) is 16.5. The minimum Gasteiger partial charge on any atom is -0.388 e. The molecular weight excluding hydrogens is 315 g/mol. The number of halogens is 1. The van der Waals surface area contributed by atoms with Gasteiger partial charge in [-0.25, -0.2) is 17.5 Å². The van der Waals surface area contributed by atoms with Gasteiger partial charge >= 0.3 is 0 Å². The fourth-order valence-corrected chi connectivity index (χ4v) is 2.78. The summed E-state index contributed by atoms with van der Waals surface area (Å²) in [5.41, 5.74) is -1.70. The predicted octanol–water partition coefficient (Wildman–Crippen LogP) is -1.08. The lowest BCUT2D eigenvalue weighted by atomic mass is 10.0. The van der Waals surface area contributed by atoms with Gasteiger partial charge < -0.3 is 15.1 Å². The number of sulfonamides is 1. The van der Waals surface area contributed by atoms with Gasteiger partial charge in [-0.05, 0) is 18.2 Å². The number of nitrogens with zero attached hydrogens (tertiary/aromatic N) is 1. The maximum absolute atomic E-state index is 13.1. The number of β-amino-alcohol motifs (C(OH)–C–C–N with tert-alkyl or cyclic N) is 2. The molecule has 0 aliphatic carbocycles. The molecule has 0 aromatic heterocycles. The van der Waals surface area contributed by atoms with Crippen molar-refractivity contribution in [3.63, 3.8) is 0 Å². The highest BCUT2D eigenvalue weighted by Crippen LogP contribution is 2.23. The molecule has 0 unspecified atom stereocenters. The van der Waals surface area contributed by atoms with Crippen molar-refractivity contribution in [2.45, 2.75) is 11.7 Å². The van der Waals surface area contributed by atoms with Crippen molar-refractivity contribution in [1.29, 1.82) is 0 Å². The second-order valence-electron chi connectivity index (χ2n) is 5.41. The van der Waals surface area contributed by atoms with Crippen LogP contribution in [0, 0.1) is 5.82 Å². The van der Waals surface area contributed by atoms with Gasteiger partial charge in [0, 0.05) is 18.7 Å². The van der Waals surface area contributed by atoms with E-state index in [2.05, 4.69) is 4.72 Å². The number of benzene rings is 1. The van der Waals surface area contributed by atoms with E-state index in [1.807, 2.05) is 0 Å². The largest absolute Gasteiger partial charge is 0.388 e. The highest BCUT2D eigenvalue weighted by Gasteiger charge is 2.46. The molecule has 1 fully saturated rings. The number of aliphatic hydroxyl groups is 2. The van der Waals surface area contributed by atoms with Crippen LogP contribution in [0.4, 0.5) is 4.39 Å². The number of carbonyl (C=O) groups is 1. The zero-order valence-electron chi connectivity index (χ0n) is 11.9. The monoisotopic (exact) mass is 332 g/mol. The smallest absolute Gasteiger partial charge is 0.254 e. The second kappa shape index (κ2) is 5.92. The summed E-state index contributed by atoms with van der Waals surface area (Å²) in [6.45, 7) is -0.844. The number of hydrogen-bond donors (Lipinski definition) is 3. The Morgan fingerprint density at radius 3 is 2.82 bits per heavy atom. The average molecular weight is 332 g/mol. The first-order valence-corrected chi connectivity index (χ1v) is 8.40. The molecule has 3 N–H and O–H groups in total. The fourth-order valence-electron chi connectivity index (χ4n) is 2.27. The number of nitrogens with one attached hydrogen (secondary N) is 1. The highest BCUT2D eigenvalue weighted by atomic mass is 32.2. The third-order valence-corrected chi connectivity index (χ3v) is 4.15. The van der Waals surface area contributed by atoms with E-state index in [1.54, 1.807) is 0 Å². The van der Waals surface area contributed by atoms with Crippen LogP contribution < -0.4 is 4.72 Å². The normalized spacial score (nSPS) is 25.5. The van der Waals surface area contributed by atoms with E-state index >= 15 is 0 Å². The van der Waals surface area contributed by atoms with Crippen LogP contribution in [0.15, 0.2) is 24.3 Å². The SMILES string of the molecule is CS(=O)(=O)NC[C@]1(O)CN(C(=O)c2cccc(F)c2)C[C@H]1O. The Morgan fingerprint density at radius 1 is 1.55 bits per heavy atom. The molecule has 7 nitrogen and oxygen atoms in total. The molecule has 0 saturated carbocycles. The van der Waals surface area contributed by atoms with Gasteiger partial charge in [-0.2, -0.15) is 0 Å². The van der Waals surface area contributed by atoms with Crippen molar-refractivity contribution < 1.29 is 27.8 Å². The van der Waals surface area contributed by atoms with E-state index in [0.717, 1.165) is 17.2 Å². The van der Waals surface area contributed by atoms with Gasteiger partial charge in [0.25, 0.3) is 5.91 Å². The third kappa shape index (κ3) is 3.80. The Labute approximate surface area is 127 Å². The molecule has 1 saturated heterocycles. The number of carbonyl (C=O) groups excluding carboxylic acids is 1. The van der Waals surface area contributed by atoms with E-state index in [9.17, 15) is 27.8 Å². The molecule has 0 bridgehead atoms. The number of hydrogen-bond acceptors (Lipinski definition) is 5. The van der Waals surface area contributed by atoms with Gasteiger partial charge in [0.2, 0.25) is 10.0 Å². The molecule has 2 rings (SSSR count). The van der Waals surface area contributed by atoms with Crippen molar-refractivity contribution in [1.82, 2.24) is 9.62 Å². The van der Waals surface area contributed by atoms with E-state index < -0.39 is 40.0 Å². The lowest BCUT2D eigenvalue weighted by molar-refractivity contribution is -0.0352. The van der Waals surface area contributed by atoms with Crippen LogP contribution in [-0.4, -0.2) is 67.0 Å².